The maximum atomic E-state index is 12.6. The summed E-state index contributed by atoms with van der Waals surface area (Å²) in [6, 6.07) is 3.66. The van der Waals surface area contributed by atoms with Gasteiger partial charge in [-0.05, 0) is 26.8 Å². The van der Waals surface area contributed by atoms with E-state index >= 15 is 0 Å². The second-order valence-electron chi connectivity index (χ2n) is 5.60. The van der Waals surface area contributed by atoms with Gasteiger partial charge in [0, 0.05) is 24.7 Å². The van der Waals surface area contributed by atoms with Gasteiger partial charge in [-0.3, -0.25) is 9.89 Å². The van der Waals surface area contributed by atoms with Gasteiger partial charge in [0.25, 0.3) is 5.91 Å². The quantitative estimate of drug-likeness (QED) is 0.927. The Kier molecular flexibility index (Phi) is 3.79. The van der Waals surface area contributed by atoms with E-state index in [0.717, 1.165) is 23.5 Å². The molecular weight excluding hydrogens is 282 g/mol. The highest BCUT2D eigenvalue weighted by molar-refractivity contribution is 5.96. The molecule has 0 radical (unpaired) electrons. The molecule has 0 aliphatic carbocycles. The van der Waals surface area contributed by atoms with Crippen LogP contribution in [-0.2, 0) is 0 Å². The molecule has 1 atom stereocenters. The predicted octanol–water partition coefficient (Wildman–Crippen LogP) is 1.42. The Hall–Kier alpha value is -2.44. The Morgan fingerprint density at radius 1 is 1.32 bits per heavy atom. The van der Waals surface area contributed by atoms with Crippen LogP contribution in [0, 0.1) is 20.8 Å². The van der Waals surface area contributed by atoms with Gasteiger partial charge in [0.1, 0.15) is 6.10 Å². The molecule has 1 aliphatic heterocycles. The van der Waals surface area contributed by atoms with Crippen molar-refractivity contribution in [2.24, 2.45) is 0 Å². The number of aromatic amines is 1. The summed E-state index contributed by atoms with van der Waals surface area (Å²) in [4.78, 5) is 14.4. The molecular formula is C15H19N5O2. The number of amides is 1. The highest BCUT2D eigenvalue weighted by Crippen LogP contribution is 2.20. The van der Waals surface area contributed by atoms with Crippen molar-refractivity contribution >= 4 is 5.91 Å². The monoisotopic (exact) mass is 301 g/mol. The van der Waals surface area contributed by atoms with Crippen LogP contribution in [0.2, 0.25) is 0 Å². The van der Waals surface area contributed by atoms with Crippen LogP contribution >= 0.6 is 0 Å². The van der Waals surface area contributed by atoms with Gasteiger partial charge in [0.05, 0.1) is 23.5 Å². The zero-order valence-electron chi connectivity index (χ0n) is 13.0. The van der Waals surface area contributed by atoms with Gasteiger partial charge < -0.3 is 9.64 Å². The van der Waals surface area contributed by atoms with E-state index in [0.29, 0.717) is 24.5 Å². The molecule has 0 unspecified atom stereocenters. The SMILES string of the molecule is Cc1ccc(O[C@H]2CCN(C(=O)c3c(C)n[nH]c3C)C2)nn1. The summed E-state index contributed by atoms with van der Waals surface area (Å²) in [6.45, 7) is 6.80. The minimum absolute atomic E-state index is 0.00448. The van der Waals surface area contributed by atoms with Crippen molar-refractivity contribution in [2.75, 3.05) is 13.1 Å². The van der Waals surface area contributed by atoms with Crippen LogP contribution in [0.25, 0.3) is 0 Å². The van der Waals surface area contributed by atoms with Crippen molar-refractivity contribution in [3.63, 3.8) is 0 Å². The molecule has 7 heteroatoms. The first-order valence-corrected chi connectivity index (χ1v) is 7.32. The fourth-order valence-corrected chi connectivity index (χ4v) is 2.65. The van der Waals surface area contributed by atoms with Crippen LogP contribution in [0.3, 0.4) is 0 Å². The van der Waals surface area contributed by atoms with E-state index in [1.165, 1.54) is 0 Å². The zero-order valence-corrected chi connectivity index (χ0v) is 13.0. The first kappa shape index (κ1) is 14.5. The number of nitrogens with one attached hydrogen (secondary N) is 1. The van der Waals surface area contributed by atoms with Crippen molar-refractivity contribution in [3.05, 3.63) is 34.8 Å². The fourth-order valence-electron chi connectivity index (χ4n) is 2.65. The van der Waals surface area contributed by atoms with Crippen molar-refractivity contribution in [2.45, 2.75) is 33.3 Å². The molecule has 0 aromatic carbocycles. The van der Waals surface area contributed by atoms with Crippen molar-refractivity contribution < 1.29 is 9.53 Å². The topological polar surface area (TPSA) is 84.0 Å². The third kappa shape index (κ3) is 2.79. The Labute approximate surface area is 128 Å². The highest BCUT2D eigenvalue weighted by atomic mass is 16.5. The largest absolute Gasteiger partial charge is 0.471 e. The number of hydrogen-bond donors (Lipinski definition) is 1. The van der Waals surface area contributed by atoms with E-state index < -0.39 is 0 Å². The fraction of sp³-hybridized carbons (Fsp3) is 0.467. The van der Waals surface area contributed by atoms with Crippen LogP contribution in [-0.4, -0.2) is 50.4 Å². The van der Waals surface area contributed by atoms with E-state index in [1.807, 2.05) is 26.8 Å². The van der Waals surface area contributed by atoms with Crippen LogP contribution in [0.5, 0.6) is 5.88 Å². The molecule has 0 bridgehead atoms. The maximum absolute atomic E-state index is 12.6. The molecule has 0 saturated carbocycles. The summed E-state index contributed by atoms with van der Waals surface area (Å²) in [5.74, 6) is 0.505. The van der Waals surface area contributed by atoms with E-state index in [1.54, 1.807) is 11.0 Å². The van der Waals surface area contributed by atoms with E-state index in [2.05, 4.69) is 20.4 Å². The predicted molar refractivity (Wildman–Crippen MR) is 79.8 cm³/mol. The molecule has 3 heterocycles. The molecule has 116 valence electrons. The third-order valence-corrected chi connectivity index (χ3v) is 3.84. The molecule has 7 nitrogen and oxygen atoms in total. The van der Waals surface area contributed by atoms with Crippen LogP contribution in [0.4, 0.5) is 0 Å². The molecule has 1 aliphatic rings. The second kappa shape index (κ2) is 5.75. The van der Waals surface area contributed by atoms with Crippen LogP contribution in [0.1, 0.15) is 33.9 Å². The summed E-state index contributed by atoms with van der Waals surface area (Å²) >= 11 is 0. The molecule has 3 rings (SSSR count). The van der Waals surface area contributed by atoms with Crippen molar-refractivity contribution in [1.29, 1.82) is 0 Å². The standard InChI is InChI=1S/C15H19N5O2/c1-9-4-5-13(19-16-9)22-12-6-7-20(8-12)15(21)14-10(2)17-18-11(14)3/h4-5,12H,6-8H2,1-3H3,(H,17,18)/t12-/m0/s1. The Morgan fingerprint density at radius 3 is 2.77 bits per heavy atom. The van der Waals surface area contributed by atoms with Gasteiger partial charge in [-0.15, -0.1) is 5.10 Å². The molecule has 1 saturated heterocycles. The summed E-state index contributed by atoms with van der Waals surface area (Å²) in [5.41, 5.74) is 3.05. The molecule has 2 aromatic heterocycles. The molecule has 1 amide bonds. The number of H-pyrrole nitrogens is 1. The average Bonchev–Trinajstić information content (AvgIpc) is 3.08. The summed E-state index contributed by atoms with van der Waals surface area (Å²) in [5, 5.41) is 14.9. The van der Waals surface area contributed by atoms with Gasteiger partial charge in [0.15, 0.2) is 0 Å². The Bertz CT molecular complexity index is 660. The highest BCUT2D eigenvalue weighted by Gasteiger charge is 2.30. The Morgan fingerprint density at radius 2 is 2.14 bits per heavy atom. The number of aryl methyl sites for hydroxylation is 3. The van der Waals surface area contributed by atoms with Crippen LogP contribution in [0.15, 0.2) is 12.1 Å². The molecule has 22 heavy (non-hydrogen) atoms. The number of hydrogen-bond acceptors (Lipinski definition) is 5. The lowest BCUT2D eigenvalue weighted by Gasteiger charge is -2.17. The van der Waals surface area contributed by atoms with E-state index in [-0.39, 0.29) is 12.0 Å². The molecule has 1 fully saturated rings. The number of likely N-dealkylation sites (tertiary alicyclic amines) is 1. The lowest BCUT2D eigenvalue weighted by molar-refractivity contribution is 0.0769. The van der Waals surface area contributed by atoms with Gasteiger partial charge in [-0.1, -0.05) is 0 Å². The lowest BCUT2D eigenvalue weighted by atomic mass is 10.2. The number of carbonyl (C=O) groups is 1. The summed E-state index contributed by atoms with van der Waals surface area (Å²) in [7, 11) is 0. The average molecular weight is 301 g/mol. The van der Waals surface area contributed by atoms with Crippen molar-refractivity contribution in [3.8, 4) is 5.88 Å². The smallest absolute Gasteiger partial charge is 0.257 e. The molecule has 0 spiro atoms. The first-order valence-electron chi connectivity index (χ1n) is 7.32. The first-order chi connectivity index (χ1) is 10.5. The van der Waals surface area contributed by atoms with Gasteiger partial charge in [-0.2, -0.15) is 10.2 Å². The van der Waals surface area contributed by atoms with E-state index in [4.69, 9.17) is 4.74 Å². The molecule has 1 N–H and O–H groups in total. The van der Waals surface area contributed by atoms with Gasteiger partial charge in [-0.25, -0.2) is 0 Å². The lowest BCUT2D eigenvalue weighted by Crippen LogP contribution is -2.31. The number of aromatic nitrogens is 4. The minimum atomic E-state index is -0.0477. The minimum Gasteiger partial charge on any atom is -0.471 e. The number of ether oxygens (including phenoxy) is 1. The summed E-state index contributed by atoms with van der Waals surface area (Å²) in [6.07, 6.45) is 0.741. The summed E-state index contributed by atoms with van der Waals surface area (Å²) < 4.78 is 5.80. The normalized spacial score (nSPS) is 17.8. The zero-order chi connectivity index (χ0) is 15.7. The van der Waals surface area contributed by atoms with Crippen LogP contribution < -0.4 is 4.74 Å². The second-order valence-corrected chi connectivity index (χ2v) is 5.60. The maximum Gasteiger partial charge on any atom is 0.257 e. The Balaban J connectivity index is 1.65. The van der Waals surface area contributed by atoms with E-state index in [9.17, 15) is 4.79 Å². The van der Waals surface area contributed by atoms with Crippen molar-refractivity contribution in [1.82, 2.24) is 25.3 Å². The third-order valence-electron chi connectivity index (χ3n) is 3.84. The number of rotatable bonds is 3. The van der Waals surface area contributed by atoms with Gasteiger partial charge in [0.2, 0.25) is 5.88 Å². The van der Waals surface area contributed by atoms with Gasteiger partial charge >= 0.3 is 0 Å². The number of carbonyl (C=O) groups excluding carboxylic acids is 1. The number of nitrogens with zero attached hydrogens (tertiary/aromatic N) is 4. The molecule has 2 aromatic rings.